The summed E-state index contributed by atoms with van der Waals surface area (Å²) in [6.07, 6.45) is 0. The molecule has 3 aromatic carbocycles. The topological polar surface area (TPSA) is 118 Å². The molecule has 0 atom stereocenters. The van der Waals surface area contributed by atoms with Crippen molar-refractivity contribution in [1.82, 2.24) is 0 Å². The van der Waals surface area contributed by atoms with Crippen molar-refractivity contribution in [2.75, 3.05) is 0 Å². The van der Waals surface area contributed by atoms with Crippen molar-refractivity contribution in [1.29, 1.82) is 0 Å². The Hall–Kier alpha value is -3.39. The number of rotatable bonds is 5. The normalized spacial score (nSPS) is 11.2. The van der Waals surface area contributed by atoms with E-state index in [0.717, 1.165) is 29.0 Å². The van der Waals surface area contributed by atoms with Crippen LogP contribution < -0.4 is 4.18 Å². The molecule has 0 aliphatic carbocycles. The zero-order valence-corrected chi connectivity index (χ0v) is 13.9. The molecule has 0 aliphatic rings. The fourth-order valence-electron chi connectivity index (χ4n) is 2.44. The van der Waals surface area contributed by atoms with E-state index in [2.05, 4.69) is 0 Å². The third-order valence-corrected chi connectivity index (χ3v) is 4.91. The van der Waals surface area contributed by atoms with Gasteiger partial charge in [-0.2, -0.15) is 8.42 Å². The zero-order valence-electron chi connectivity index (χ0n) is 13.1. The van der Waals surface area contributed by atoms with E-state index in [1.807, 2.05) is 12.1 Å². The Morgan fingerprint density at radius 3 is 2.08 bits per heavy atom. The van der Waals surface area contributed by atoms with Gasteiger partial charge in [0.15, 0.2) is 0 Å². The van der Waals surface area contributed by atoms with Gasteiger partial charge in [-0.05, 0) is 41.1 Å². The summed E-state index contributed by atoms with van der Waals surface area (Å²) in [5.41, 5.74) is -1.15. The van der Waals surface area contributed by atoms with E-state index >= 15 is 0 Å². The molecule has 0 spiro atoms. The van der Waals surface area contributed by atoms with Gasteiger partial charge >= 0.3 is 22.1 Å². The Morgan fingerprint density at radius 1 is 0.769 bits per heavy atom. The van der Waals surface area contributed by atoms with E-state index in [0.29, 0.717) is 0 Å². The van der Waals surface area contributed by atoms with Gasteiger partial charge in [0, 0.05) is 0 Å². The lowest BCUT2D eigenvalue weighted by atomic mass is 10.1. The lowest BCUT2D eigenvalue weighted by molar-refractivity contribution is 0.0651. The lowest BCUT2D eigenvalue weighted by Gasteiger charge is -2.09. The second-order valence-corrected chi connectivity index (χ2v) is 6.91. The number of carbonyl (C=O) groups is 2. The summed E-state index contributed by atoms with van der Waals surface area (Å²) >= 11 is 0. The molecule has 3 rings (SSSR count). The highest BCUT2D eigenvalue weighted by Gasteiger charge is 2.23. The van der Waals surface area contributed by atoms with Crippen molar-refractivity contribution in [3.05, 3.63) is 71.8 Å². The average Bonchev–Trinajstić information content (AvgIpc) is 2.60. The highest BCUT2D eigenvalue weighted by molar-refractivity contribution is 7.87. The van der Waals surface area contributed by atoms with Crippen LogP contribution in [0.4, 0.5) is 0 Å². The third-order valence-electron chi connectivity index (χ3n) is 3.67. The summed E-state index contributed by atoms with van der Waals surface area (Å²) in [5.74, 6) is -2.96. The summed E-state index contributed by atoms with van der Waals surface area (Å²) < 4.78 is 29.9. The average molecular weight is 372 g/mol. The molecular formula is C18H12O7S. The van der Waals surface area contributed by atoms with Crippen LogP contribution in [0, 0.1) is 0 Å². The van der Waals surface area contributed by atoms with Crippen LogP contribution >= 0.6 is 0 Å². The first kappa shape index (κ1) is 17.4. The smallest absolute Gasteiger partial charge is 0.339 e. The molecular weight excluding hydrogens is 360 g/mol. The predicted octanol–water partition coefficient (Wildman–Crippen LogP) is 3.00. The molecule has 0 saturated heterocycles. The molecule has 132 valence electrons. The van der Waals surface area contributed by atoms with E-state index in [9.17, 15) is 18.0 Å². The summed E-state index contributed by atoms with van der Waals surface area (Å²) in [6, 6.07) is 14.7. The molecule has 0 fully saturated rings. The summed E-state index contributed by atoms with van der Waals surface area (Å²) in [5, 5.41) is 19.8. The van der Waals surface area contributed by atoms with Crippen LogP contribution in [0.5, 0.6) is 5.75 Å². The first-order valence-corrected chi connectivity index (χ1v) is 8.73. The van der Waals surface area contributed by atoms with Crippen molar-refractivity contribution in [3.63, 3.8) is 0 Å². The van der Waals surface area contributed by atoms with Gasteiger partial charge < -0.3 is 14.4 Å². The van der Waals surface area contributed by atoms with Crippen molar-refractivity contribution >= 4 is 32.8 Å². The Bertz CT molecular complexity index is 1130. The number of benzene rings is 3. The zero-order chi connectivity index (χ0) is 18.9. The quantitative estimate of drug-likeness (QED) is 0.661. The molecule has 7 nitrogen and oxygen atoms in total. The van der Waals surface area contributed by atoms with Gasteiger partial charge in [-0.15, -0.1) is 0 Å². The molecule has 0 bridgehead atoms. The van der Waals surface area contributed by atoms with Gasteiger partial charge in [0.2, 0.25) is 0 Å². The first-order valence-electron chi connectivity index (χ1n) is 7.32. The highest BCUT2D eigenvalue weighted by Crippen LogP contribution is 2.25. The largest absolute Gasteiger partial charge is 0.478 e. The van der Waals surface area contributed by atoms with Crippen LogP contribution in [0.15, 0.2) is 65.6 Å². The highest BCUT2D eigenvalue weighted by atomic mass is 32.2. The lowest BCUT2D eigenvalue weighted by Crippen LogP contribution is -2.13. The summed E-state index contributed by atoms with van der Waals surface area (Å²) in [4.78, 5) is 21.8. The number of hydrogen-bond acceptors (Lipinski definition) is 5. The minimum Gasteiger partial charge on any atom is -0.478 e. The standard InChI is InChI=1S/C18H12O7S/c19-17(20)15-8-7-14(10-16(15)18(21)22)26(23,24)25-13-6-5-11-3-1-2-4-12(11)9-13/h1-10H,(H,19,20)(H,21,22). The molecule has 0 amide bonds. The van der Waals surface area contributed by atoms with Crippen LogP contribution in [-0.4, -0.2) is 30.6 Å². The predicted molar refractivity (Wildman–Crippen MR) is 92.1 cm³/mol. The van der Waals surface area contributed by atoms with Crippen LogP contribution in [0.1, 0.15) is 20.7 Å². The van der Waals surface area contributed by atoms with Gasteiger partial charge in [0.05, 0.1) is 11.1 Å². The monoisotopic (exact) mass is 372 g/mol. The van der Waals surface area contributed by atoms with Crippen molar-refractivity contribution in [2.45, 2.75) is 4.90 Å². The maximum absolute atomic E-state index is 12.4. The van der Waals surface area contributed by atoms with Crippen molar-refractivity contribution in [2.24, 2.45) is 0 Å². The summed E-state index contributed by atoms with van der Waals surface area (Å²) in [7, 11) is -4.34. The van der Waals surface area contributed by atoms with E-state index in [-0.39, 0.29) is 5.75 Å². The van der Waals surface area contributed by atoms with Gasteiger partial charge in [0.1, 0.15) is 10.6 Å². The van der Waals surface area contributed by atoms with Gasteiger partial charge in [-0.25, -0.2) is 9.59 Å². The number of hydrogen-bond donors (Lipinski definition) is 2. The van der Waals surface area contributed by atoms with E-state index in [4.69, 9.17) is 14.4 Å². The van der Waals surface area contributed by atoms with Crippen molar-refractivity contribution in [3.8, 4) is 5.75 Å². The Morgan fingerprint density at radius 2 is 1.42 bits per heavy atom. The number of carboxylic acid groups (broad SMARTS) is 2. The Balaban J connectivity index is 2.00. The second-order valence-electron chi connectivity index (χ2n) is 5.36. The molecule has 26 heavy (non-hydrogen) atoms. The van der Waals surface area contributed by atoms with Gasteiger partial charge in [-0.3, -0.25) is 0 Å². The van der Waals surface area contributed by atoms with E-state index in [1.54, 1.807) is 18.2 Å². The molecule has 0 saturated carbocycles. The van der Waals surface area contributed by atoms with Crippen molar-refractivity contribution < 1.29 is 32.4 Å². The maximum atomic E-state index is 12.4. The minimum absolute atomic E-state index is 0.0582. The molecule has 2 N–H and O–H groups in total. The fraction of sp³-hybridized carbons (Fsp3) is 0. The SMILES string of the molecule is O=C(O)c1ccc(S(=O)(=O)Oc2ccc3ccccc3c2)cc1C(=O)O. The molecule has 0 radical (unpaired) electrons. The molecule has 0 aromatic heterocycles. The number of fused-ring (bicyclic) bond motifs is 1. The number of carboxylic acids is 2. The molecule has 8 heteroatoms. The third kappa shape index (κ3) is 3.35. The van der Waals surface area contributed by atoms with Crippen LogP contribution in [0.25, 0.3) is 10.8 Å². The minimum atomic E-state index is -4.34. The molecule has 0 aliphatic heterocycles. The van der Waals surface area contributed by atoms with Crippen LogP contribution in [0.3, 0.4) is 0 Å². The maximum Gasteiger partial charge on any atom is 0.339 e. The number of aromatic carboxylic acids is 2. The van der Waals surface area contributed by atoms with E-state index in [1.165, 1.54) is 12.1 Å². The Kier molecular flexibility index (Phi) is 4.35. The Labute approximate surface area is 148 Å². The summed E-state index contributed by atoms with van der Waals surface area (Å²) in [6.45, 7) is 0. The molecule has 3 aromatic rings. The van der Waals surface area contributed by atoms with E-state index < -0.39 is 38.1 Å². The van der Waals surface area contributed by atoms with Gasteiger partial charge in [-0.1, -0.05) is 30.3 Å². The first-order chi connectivity index (χ1) is 12.3. The van der Waals surface area contributed by atoms with Gasteiger partial charge in [0.25, 0.3) is 0 Å². The molecule has 0 unspecified atom stereocenters. The van der Waals surface area contributed by atoms with Crippen LogP contribution in [0.2, 0.25) is 0 Å². The second kappa shape index (κ2) is 6.49. The fourth-order valence-corrected chi connectivity index (χ4v) is 3.39. The van der Waals surface area contributed by atoms with Crippen LogP contribution in [-0.2, 0) is 10.1 Å². The molecule has 0 heterocycles.